The summed E-state index contributed by atoms with van der Waals surface area (Å²) in [6.07, 6.45) is 2.71. The van der Waals surface area contributed by atoms with Gasteiger partial charge >= 0.3 is 0 Å². The first-order valence-corrected chi connectivity index (χ1v) is 10.8. The molecule has 6 nitrogen and oxygen atoms in total. The van der Waals surface area contributed by atoms with Crippen molar-refractivity contribution in [2.45, 2.75) is 19.5 Å². The number of H-pyrrole nitrogens is 1. The molecular formula is C25H20ClN5O. The van der Waals surface area contributed by atoms with E-state index in [1.807, 2.05) is 42.6 Å². The minimum Gasteiger partial charge on any atom is -0.320 e. The largest absolute Gasteiger partial charge is 0.320 e. The Morgan fingerprint density at radius 3 is 2.78 bits per heavy atom. The molecule has 4 aromatic rings. The summed E-state index contributed by atoms with van der Waals surface area (Å²) in [5, 5.41) is 9.85. The quantitative estimate of drug-likeness (QED) is 0.512. The van der Waals surface area contributed by atoms with Crippen molar-refractivity contribution >= 4 is 11.6 Å². The lowest BCUT2D eigenvalue weighted by molar-refractivity contribution is 0.238. The van der Waals surface area contributed by atoms with E-state index in [9.17, 15) is 10.1 Å². The van der Waals surface area contributed by atoms with Crippen molar-refractivity contribution in [3.8, 4) is 23.1 Å². The fraction of sp³-hybridized carbons (Fsp3) is 0.160. The Morgan fingerprint density at radius 1 is 1.12 bits per heavy atom. The summed E-state index contributed by atoms with van der Waals surface area (Å²) in [5.74, 6) is 0.574. The molecule has 0 saturated carbocycles. The van der Waals surface area contributed by atoms with Gasteiger partial charge in [0, 0.05) is 54.2 Å². The lowest BCUT2D eigenvalue weighted by atomic mass is 10.1. The molecule has 0 unspecified atom stereocenters. The van der Waals surface area contributed by atoms with Gasteiger partial charge in [-0.15, -0.1) is 0 Å². The predicted molar refractivity (Wildman–Crippen MR) is 124 cm³/mol. The van der Waals surface area contributed by atoms with Gasteiger partial charge in [0.1, 0.15) is 5.82 Å². The van der Waals surface area contributed by atoms with E-state index in [1.54, 1.807) is 18.2 Å². The zero-order valence-electron chi connectivity index (χ0n) is 17.3. The van der Waals surface area contributed by atoms with Gasteiger partial charge < -0.3 is 9.55 Å². The average Bonchev–Trinajstić information content (AvgIpc) is 3.28. The zero-order chi connectivity index (χ0) is 22.1. The van der Waals surface area contributed by atoms with E-state index < -0.39 is 0 Å². The minimum absolute atomic E-state index is 0.0956. The summed E-state index contributed by atoms with van der Waals surface area (Å²) in [5.41, 5.74) is 5.00. The lowest BCUT2D eigenvalue weighted by Gasteiger charge is -2.28. The highest BCUT2D eigenvalue weighted by molar-refractivity contribution is 6.30. The lowest BCUT2D eigenvalue weighted by Crippen LogP contribution is -2.35. The molecule has 0 spiro atoms. The third-order valence-corrected chi connectivity index (χ3v) is 5.99. The van der Waals surface area contributed by atoms with E-state index in [0.717, 1.165) is 34.7 Å². The van der Waals surface area contributed by atoms with Crippen LogP contribution in [0.4, 0.5) is 0 Å². The molecule has 32 heavy (non-hydrogen) atoms. The molecule has 0 aliphatic carbocycles. The van der Waals surface area contributed by atoms with Crippen molar-refractivity contribution in [2.75, 3.05) is 6.54 Å². The van der Waals surface area contributed by atoms with E-state index in [4.69, 9.17) is 16.6 Å². The van der Waals surface area contributed by atoms with Crippen LogP contribution in [0.3, 0.4) is 0 Å². The molecule has 0 fully saturated rings. The summed E-state index contributed by atoms with van der Waals surface area (Å²) < 4.78 is 2.09. The molecule has 5 rings (SSSR count). The number of benzene rings is 2. The van der Waals surface area contributed by atoms with Crippen LogP contribution in [0.2, 0.25) is 5.02 Å². The molecule has 0 saturated heterocycles. The Balaban J connectivity index is 1.38. The van der Waals surface area contributed by atoms with Crippen LogP contribution in [0.15, 0.2) is 71.7 Å². The van der Waals surface area contributed by atoms with Gasteiger partial charge in [-0.2, -0.15) is 5.26 Å². The molecule has 7 heteroatoms. The molecule has 158 valence electrons. The third-order valence-electron chi connectivity index (χ3n) is 5.74. The van der Waals surface area contributed by atoms with Crippen molar-refractivity contribution in [3.05, 3.63) is 105 Å². The molecule has 3 heterocycles. The Labute approximate surface area is 190 Å². The maximum absolute atomic E-state index is 12.8. The summed E-state index contributed by atoms with van der Waals surface area (Å²) in [7, 11) is 0. The number of hydrogen-bond donors (Lipinski definition) is 1. The van der Waals surface area contributed by atoms with E-state index >= 15 is 0 Å². The van der Waals surface area contributed by atoms with Crippen LogP contribution < -0.4 is 5.56 Å². The number of fused-ring (bicyclic) bond motifs is 1. The van der Waals surface area contributed by atoms with Gasteiger partial charge in [0.05, 0.1) is 22.9 Å². The van der Waals surface area contributed by atoms with Gasteiger partial charge in [0.15, 0.2) is 0 Å². The maximum atomic E-state index is 12.8. The van der Waals surface area contributed by atoms with Crippen LogP contribution in [0.5, 0.6) is 0 Å². The standard InChI is InChI=1S/C25H20ClN5O/c26-19-8-6-18(7-9-19)24-28-23-10-12-30(16-22(23)25(32)29-24)15-21-5-2-11-31(21)20-4-1-3-17(13-20)14-27/h1-9,11,13H,10,12,15-16H2,(H,28,29,32). The van der Waals surface area contributed by atoms with E-state index in [0.29, 0.717) is 35.9 Å². The molecule has 1 aliphatic rings. The van der Waals surface area contributed by atoms with Crippen molar-refractivity contribution in [1.29, 1.82) is 5.26 Å². The number of nitrogens with one attached hydrogen (secondary N) is 1. The molecule has 0 bridgehead atoms. The molecule has 2 aromatic heterocycles. The normalized spacial score (nSPS) is 13.5. The number of rotatable bonds is 4. The molecular weight excluding hydrogens is 422 g/mol. The first kappa shape index (κ1) is 20.3. The van der Waals surface area contributed by atoms with Gasteiger partial charge in [0.25, 0.3) is 5.56 Å². The Bertz CT molecular complexity index is 1380. The van der Waals surface area contributed by atoms with Gasteiger partial charge in [-0.25, -0.2) is 4.98 Å². The number of aromatic amines is 1. The van der Waals surface area contributed by atoms with Crippen molar-refractivity contribution in [1.82, 2.24) is 19.4 Å². The molecule has 2 aromatic carbocycles. The molecule has 1 N–H and O–H groups in total. The molecule has 0 amide bonds. The minimum atomic E-state index is -0.0956. The van der Waals surface area contributed by atoms with Crippen LogP contribution in [-0.2, 0) is 19.5 Å². The topological polar surface area (TPSA) is 77.7 Å². The molecule has 1 aliphatic heterocycles. The first-order chi connectivity index (χ1) is 15.6. The van der Waals surface area contributed by atoms with Crippen LogP contribution in [0, 0.1) is 11.3 Å². The molecule has 0 radical (unpaired) electrons. The third kappa shape index (κ3) is 3.96. The van der Waals surface area contributed by atoms with Crippen LogP contribution >= 0.6 is 11.6 Å². The van der Waals surface area contributed by atoms with Crippen molar-refractivity contribution in [2.24, 2.45) is 0 Å². The second-order valence-electron chi connectivity index (χ2n) is 7.84. The predicted octanol–water partition coefficient (Wildman–Crippen LogP) is 4.31. The van der Waals surface area contributed by atoms with Gasteiger partial charge in [-0.1, -0.05) is 17.7 Å². The molecule has 0 atom stereocenters. The highest BCUT2D eigenvalue weighted by atomic mass is 35.5. The highest BCUT2D eigenvalue weighted by Crippen LogP contribution is 2.22. The summed E-state index contributed by atoms with van der Waals surface area (Å²) >= 11 is 5.97. The fourth-order valence-corrected chi connectivity index (χ4v) is 4.24. The average molecular weight is 442 g/mol. The second kappa shape index (κ2) is 8.46. The monoisotopic (exact) mass is 441 g/mol. The van der Waals surface area contributed by atoms with Crippen molar-refractivity contribution in [3.63, 3.8) is 0 Å². The SMILES string of the molecule is N#Cc1cccc(-n2cccc2CN2CCc3nc(-c4ccc(Cl)cc4)[nH]c(=O)c3C2)c1. The van der Waals surface area contributed by atoms with Crippen molar-refractivity contribution < 1.29 is 0 Å². The van der Waals surface area contributed by atoms with Gasteiger partial charge in [-0.3, -0.25) is 9.69 Å². The highest BCUT2D eigenvalue weighted by Gasteiger charge is 2.22. The van der Waals surface area contributed by atoms with Crippen LogP contribution in [0.1, 0.15) is 22.5 Å². The Morgan fingerprint density at radius 2 is 1.97 bits per heavy atom. The van der Waals surface area contributed by atoms with E-state index in [-0.39, 0.29) is 5.56 Å². The van der Waals surface area contributed by atoms with Crippen LogP contribution in [0.25, 0.3) is 17.1 Å². The summed E-state index contributed by atoms with van der Waals surface area (Å²) in [6, 6.07) is 21.1. The summed E-state index contributed by atoms with van der Waals surface area (Å²) in [4.78, 5) is 22.8. The van der Waals surface area contributed by atoms with E-state index in [1.165, 1.54) is 0 Å². The smallest absolute Gasteiger partial charge is 0.255 e. The Kier molecular flexibility index (Phi) is 5.36. The summed E-state index contributed by atoms with van der Waals surface area (Å²) in [6.45, 7) is 2.05. The second-order valence-corrected chi connectivity index (χ2v) is 8.28. The van der Waals surface area contributed by atoms with E-state index in [2.05, 4.69) is 26.6 Å². The number of halogens is 1. The number of aromatic nitrogens is 3. The van der Waals surface area contributed by atoms with Gasteiger partial charge in [0.2, 0.25) is 0 Å². The first-order valence-electron chi connectivity index (χ1n) is 10.4. The number of hydrogen-bond acceptors (Lipinski definition) is 4. The van der Waals surface area contributed by atoms with Crippen LogP contribution in [-0.4, -0.2) is 26.0 Å². The van der Waals surface area contributed by atoms with Gasteiger partial charge in [-0.05, 0) is 54.6 Å². The fourth-order valence-electron chi connectivity index (χ4n) is 4.11. The number of nitriles is 1. The zero-order valence-corrected chi connectivity index (χ0v) is 18.0. The number of nitrogens with zero attached hydrogens (tertiary/aromatic N) is 4. The maximum Gasteiger partial charge on any atom is 0.255 e. The Hall–Kier alpha value is -3.66.